The van der Waals surface area contributed by atoms with Gasteiger partial charge >= 0.3 is 0 Å². The number of carbonyl (C=O) groups is 1. The number of hydrogen-bond donors (Lipinski definition) is 1. The van der Waals surface area contributed by atoms with E-state index in [-0.39, 0.29) is 11.3 Å². The van der Waals surface area contributed by atoms with E-state index in [9.17, 15) is 4.79 Å². The molecule has 134 valence electrons. The van der Waals surface area contributed by atoms with Gasteiger partial charge in [0.05, 0.1) is 0 Å². The van der Waals surface area contributed by atoms with Gasteiger partial charge in [-0.1, -0.05) is 45.0 Å². The van der Waals surface area contributed by atoms with Gasteiger partial charge < -0.3 is 9.88 Å². The van der Waals surface area contributed by atoms with Gasteiger partial charge in [0.2, 0.25) is 5.91 Å². The summed E-state index contributed by atoms with van der Waals surface area (Å²) in [5.41, 5.74) is 2.69. The van der Waals surface area contributed by atoms with Crippen LogP contribution in [-0.4, -0.2) is 27.2 Å². The summed E-state index contributed by atoms with van der Waals surface area (Å²) in [7, 11) is 0. The van der Waals surface area contributed by atoms with Crippen molar-refractivity contribution in [3.05, 3.63) is 47.5 Å². The highest BCUT2D eigenvalue weighted by Crippen LogP contribution is 2.35. The fourth-order valence-corrected chi connectivity index (χ4v) is 2.93. The highest BCUT2D eigenvalue weighted by molar-refractivity contribution is 5.76. The number of nitrogens with zero attached hydrogens (tertiary/aromatic N) is 3. The van der Waals surface area contributed by atoms with Gasteiger partial charge in [0.1, 0.15) is 12.2 Å². The Morgan fingerprint density at radius 1 is 1.20 bits per heavy atom. The van der Waals surface area contributed by atoms with Gasteiger partial charge in [-0.15, -0.1) is 10.2 Å². The molecule has 1 N–H and O–H groups in total. The van der Waals surface area contributed by atoms with Crippen LogP contribution in [0.4, 0.5) is 0 Å². The summed E-state index contributed by atoms with van der Waals surface area (Å²) in [4.78, 5) is 12.0. The first kappa shape index (κ1) is 17.6. The van der Waals surface area contributed by atoms with Gasteiger partial charge in [-0.3, -0.25) is 4.79 Å². The molecule has 25 heavy (non-hydrogen) atoms. The third-order valence-electron chi connectivity index (χ3n) is 4.72. The number of benzene rings is 1. The van der Waals surface area contributed by atoms with E-state index in [2.05, 4.69) is 65.1 Å². The van der Waals surface area contributed by atoms with E-state index in [0.29, 0.717) is 19.0 Å². The molecule has 1 aliphatic rings. The van der Waals surface area contributed by atoms with Crippen molar-refractivity contribution in [2.75, 3.05) is 6.54 Å². The van der Waals surface area contributed by atoms with Crippen molar-refractivity contribution in [3.63, 3.8) is 0 Å². The summed E-state index contributed by atoms with van der Waals surface area (Å²) in [6.07, 6.45) is 6.26. The number of rotatable bonds is 7. The Hall–Kier alpha value is -2.17. The van der Waals surface area contributed by atoms with Crippen LogP contribution in [0, 0.1) is 0 Å². The number of aromatic nitrogens is 3. The maximum absolute atomic E-state index is 12.0. The van der Waals surface area contributed by atoms with E-state index < -0.39 is 0 Å². The molecule has 1 fully saturated rings. The van der Waals surface area contributed by atoms with Crippen LogP contribution in [0.25, 0.3) is 0 Å². The average molecular weight is 340 g/mol. The molecule has 1 heterocycles. The summed E-state index contributed by atoms with van der Waals surface area (Å²) in [5, 5.41) is 11.1. The summed E-state index contributed by atoms with van der Waals surface area (Å²) >= 11 is 0. The van der Waals surface area contributed by atoms with Gasteiger partial charge in [-0.2, -0.15) is 0 Å². The molecule has 1 saturated carbocycles. The molecular weight excluding hydrogens is 312 g/mol. The first-order valence-corrected chi connectivity index (χ1v) is 9.18. The van der Waals surface area contributed by atoms with Gasteiger partial charge in [-0.05, 0) is 35.8 Å². The summed E-state index contributed by atoms with van der Waals surface area (Å²) in [6, 6.07) is 9.17. The topological polar surface area (TPSA) is 59.8 Å². The average Bonchev–Trinajstić information content (AvgIpc) is 3.31. The SMILES string of the molecule is CC(C)(C)c1ccc(CCC(=O)NCCc2nncn2C2CC2)cc1. The Morgan fingerprint density at radius 3 is 2.56 bits per heavy atom. The van der Waals surface area contributed by atoms with Gasteiger partial charge in [0.25, 0.3) is 0 Å². The largest absolute Gasteiger partial charge is 0.356 e. The molecular formula is C20H28N4O. The second-order valence-electron chi connectivity index (χ2n) is 7.93. The zero-order chi connectivity index (χ0) is 17.9. The van der Waals surface area contributed by atoms with Crippen LogP contribution < -0.4 is 5.32 Å². The van der Waals surface area contributed by atoms with E-state index >= 15 is 0 Å². The minimum Gasteiger partial charge on any atom is -0.356 e. The van der Waals surface area contributed by atoms with Crippen molar-refractivity contribution in [1.29, 1.82) is 0 Å². The van der Waals surface area contributed by atoms with E-state index in [1.54, 1.807) is 6.33 Å². The number of amides is 1. The lowest BCUT2D eigenvalue weighted by Gasteiger charge is -2.19. The second-order valence-corrected chi connectivity index (χ2v) is 7.93. The van der Waals surface area contributed by atoms with Crippen LogP contribution in [0.15, 0.2) is 30.6 Å². The van der Waals surface area contributed by atoms with E-state index in [0.717, 1.165) is 18.7 Å². The Kier molecular flexibility index (Phi) is 5.21. The monoisotopic (exact) mass is 340 g/mol. The summed E-state index contributed by atoms with van der Waals surface area (Å²) < 4.78 is 2.14. The molecule has 0 aliphatic heterocycles. The summed E-state index contributed by atoms with van der Waals surface area (Å²) in [5.74, 6) is 1.07. The van der Waals surface area contributed by atoms with Crippen molar-refractivity contribution in [2.24, 2.45) is 0 Å². The number of aryl methyl sites for hydroxylation is 1. The highest BCUT2D eigenvalue weighted by Gasteiger charge is 2.25. The molecule has 3 rings (SSSR count). The maximum Gasteiger partial charge on any atom is 0.220 e. The fourth-order valence-electron chi connectivity index (χ4n) is 2.93. The third-order valence-corrected chi connectivity index (χ3v) is 4.72. The second kappa shape index (κ2) is 7.38. The Balaban J connectivity index is 1.40. The van der Waals surface area contributed by atoms with Crippen LogP contribution in [0.5, 0.6) is 0 Å². The van der Waals surface area contributed by atoms with Crippen LogP contribution in [-0.2, 0) is 23.1 Å². The Bertz CT molecular complexity index is 708. The smallest absolute Gasteiger partial charge is 0.220 e. The maximum atomic E-state index is 12.0. The molecule has 1 aliphatic carbocycles. The predicted octanol–water partition coefficient (Wildman–Crippen LogP) is 3.20. The lowest BCUT2D eigenvalue weighted by atomic mass is 9.86. The summed E-state index contributed by atoms with van der Waals surface area (Å²) in [6.45, 7) is 7.24. The minimum absolute atomic E-state index is 0.0948. The lowest BCUT2D eigenvalue weighted by molar-refractivity contribution is -0.121. The molecule has 0 saturated heterocycles. The molecule has 5 nitrogen and oxygen atoms in total. The molecule has 0 radical (unpaired) electrons. The fraction of sp³-hybridized carbons (Fsp3) is 0.550. The molecule has 2 aromatic rings. The Labute approximate surface area is 149 Å². The van der Waals surface area contributed by atoms with Crippen molar-refractivity contribution in [3.8, 4) is 0 Å². The first-order valence-electron chi connectivity index (χ1n) is 9.18. The van der Waals surface area contributed by atoms with Gasteiger partial charge in [0.15, 0.2) is 0 Å². The van der Waals surface area contributed by atoms with Crippen molar-refractivity contribution in [1.82, 2.24) is 20.1 Å². The molecule has 5 heteroatoms. The van der Waals surface area contributed by atoms with E-state index in [1.165, 1.54) is 24.0 Å². The van der Waals surface area contributed by atoms with Gasteiger partial charge in [0, 0.05) is 25.4 Å². The normalized spacial score (nSPS) is 14.5. The molecule has 1 amide bonds. The number of nitrogens with one attached hydrogen (secondary N) is 1. The molecule has 0 spiro atoms. The number of hydrogen-bond acceptors (Lipinski definition) is 3. The van der Waals surface area contributed by atoms with Crippen molar-refractivity contribution in [2.45, 2.75) is 64.3 Å². The van der Waals surface area contributed by atoms with Gasteiger partial charge in [-0.25, -0.2) is 0 Å². The van der Waals surface area contributed by atoms with Crippen LogP contribution >= 0.6 is 0 Å². The quantitative estimate of drug-likeness (QED) is 0.842. The molecule has 1 aromatic heterocycles. The van der Waals surface area contributed by atoms with E-state index in [1.807, 2.05) is 0 Å². The number of carbonyl (C=O) groups excluding carboxylic acids is 1. The van der Waals surface area contributed by atoms with Crippen molar-refractivity contribution < 1.29 is 4.79 Å². The lowest BCUT2D eigenvalue weighted by Crippen LogP contribution is -2.26. The zero-order valence-corrected chi connectivity index (χ0v) is 15.5. The molecule has 0 bridgehead atoms. The molecule has 1 aromatic carbocycles. The van der Waals surface area contributed by atoms with Crippen molar-refractivity contribution >= 4 is 5.91 Å². The standard InChI is InChI=1S/C20H28N4O/c1-20(2,3)16-7-4-15(5-8-16)6-11-19(25)21-13-12-18-23-22-14-24(18)17-9-10-17/h4-5,7-8,14,17H,6,9-13H2,1-3H3,(H,21,25). The predicted molar refractivity (Wildman–Crippen MR) is 98.5 cm³/mol. The van der Waals surface area contributed by atoms with Crippen LogP contribution in [0.2, 0.25) is 0 Å². The van der Waals surface area contributed by atoms with Crippen LogP contribution in [0.3, 0.4) is 0 Å². The zero-order valence-electron chi connectivity index (χ0n) is 15.5. The Morgan fingerprint density at radius 2 is 1.92 bits per heavy atom. The molecule has 0 atom stereocenters. The minimum atomic E-state index is 0.0948. The third kappa shape index (κ3) is 4.91. The first-order chi connectivity index (χ1) is 11.9. The molecule has 0 unspecified atom stereocenters. The van der Waals surface area contributed by atoms with Crippen LogP contribution in [0.1, 0.15) is 63.0 Å². The highest BCUT2D eigenvalue weighted by atomic mass is 16.1. The van der Waals surface area contributed by atoms with E-state index in [4.69, 9.17) is 0 Å².